The van der Waals surface area contributed by atoms with Crippen molar-refractivity contribution in [2.24, 2.45) is 5.14 Å². The molecule has 4 N–H and O–H groups in total. The lowest BCUT2D eigenvalue weighted by molar-refractivity contribution is -0.116. The molecule has 2 aromatic carbocycles. The number of benzene rings is 2. The van der Waals surface area contributed by atoms with Crippen molar-refractivity contribution in [1.29, 1.82) is 0 Å². The Labute approximate surface area is 159 Å². The number of rotatable bonds is 6. The Morgan fingerprint density at radius 2 is 1.71 bits per heavy atom. The van der Waals surface area contributed by atoms with Gasteiger partial charge in [0.2, 0.25) is 15.9 Å². The zero-order valence-electron chi connectivity index (χ0n) is 14.3. The monoisotopic (exact) mass is 401 g/mol. The number of carboxylic acids is 1. The van der Waals surface area contributed by atoms with E-state index in [2.05, 4.69) is 15.6 Å². The van der Waals surface area contributed by atoms with E-state index >= 15 is 0 Å². The molecule has 1 aromatic heterocycles. The first-order valence-corrected chi connectivity index (χ1v) is 9.43. The van der Waals surface area contributed by atoms with Crippen LogP contribution in [-0.4, -0.2) is 40.4 Å². The number of amides is 1. The maximum atomic E-state index is 12.1. The molecular formula is C17H15N5O5S. The third-order valence-electron chi connectivity index (χ3n) is 3.74. The van der Waals surface area contributed by atoms with Crippen molar-refractivity contribution < 1.29 is 23.1 Å². The highest BCUT2D eigenvalue weighted by Gasteiger charge is 2.11. The first-order chi connectivity index (χ1) is 13.2. The molecule has 0 unspecified atom stereocenters. The minimum absolute atomic E-state index is 0.0167. The second kappa shape index (κ2) is 7.58. The van der Waals surface area contributed by atoms with Crippen molar-refractivity contribution >= 4 is 27.6 Å². The van der Waals surface area contributed by atoms with Gasteiger partial charge in [-0.25, -0.2) is 23.0 Å². The Morgan fingerprint density at radius 3 is 2.29 bits per heavy atom. The smallest absolute Gasteiger partial charge is 0.335 e. The van der Waals surface area contributed by atoms with E-state index in [-0.39, 0.29) is 22.9 Å². The zero-order valence-corrected chi connectivity index (χ0v) is 15.1. The zero-order chi connectivity index (χ0) is 20.3. The summed E-state index contributed by atoms with van der Waals surface area (Å²) in [5, 5.41) is 24.4. The average Bonchev–Trinajstić information content (AvgIpc) is 3.10. The van der Waals surface area contributed by atoms with Crippen molar-refractivity contribution in [3.05, 3.63) is 60.3 Å². The number of anilines is 1. The second-order valence-electron chi connectivity index (χ2n) is 5.80. The number of primary sulfonamides is 1. The predicted octanol–water partition coefficient (Wildman–Crippen LogP) is 0.929. The van der Waals surface area contributed by atoms with Crippen LogP contribution in [0.15, 0.2) is 59.6 Å². The Morgan fingerprint density at radius 1 is 1.07 bits per heavy atom. The number of nitrogens with two attached hydrogens (primary N) is 1. The molecule has 10 nitrogen and oxygen atoms in total. The fourth-order valence-corrected chi connectivity index (χ4v) is 2.88. The molecule has 0 saturated heterocycles. The van der Waals surface area contributed by atoms with Gasteiger partial charge in [0.1, 0.15) is 12.2 Å². The van der Waals surface area contributed by atoms with Gasteiger partial charge in [0.15, 0.2) is 0 Å². The molecule has 0 saturated carbocycles. The topological polar surface area (TPSA) is 157 Å². The first kappa shape index (κ1) is 19.2. The van der Waals surface area contributed by atoms with Gasteiger partial charge in [0, 0.05) is 11.3 Å². The van der Waals surface area contributed by atoms with E-state index in [9.17, 15) is 18.0 Å². The van der Waals surface area contributed by atoms with Gasteiger partial charge < -0.3 is 10.4 Å². The Kier molecular flexibility index (Phi) is 5.20. The van der Waals surface area contributed by atoms with Gasteiger partial charge in [-0.1, -0.05) is 17.3 Å². The van der Waals surface area contributed by atoms with Crippen molar-refractivity contribution in [3.63, 3.8) is 0 Å². The molecule has 28 heavy (non-hydrogen) atoms. The first-order valence-electron chi connectivity index (χ1n) is 7.89. The number of sulfonamides is 1. The highest BCUT2D eigenvalue weighted by atomic mass is 32.2. The molecule has 0 aliphatic rings. The number of hydrogen-bond acceptors (Lipinski definition) is 6. The van der Waals surface area contributed by atoms with Gasteiger partial charge in [-0.15, -0.1) is 5.10 Å². The van der Waals surface area contributed by atoms with Crippen LogP contribution in [0, 0.1) is 0 Å². The summed E-state index contributed by atoms with van der Waals surface area (Å²) in [6.45, 7) is -0.108. The van der Waals surface area contributed by atoms with Gasteiger partial charge in [-0.3, -0.25) is 4.79 Å². The van der Waals surface area contributed by atoms with Gasteiger partial charge in [-0.05, 0) is 36.4 Å². The number of nitrogens with one attached hydrogen (secondary N) is 1. The van der Waals surface area contributed by atoms with Crippen molar-refractivity contribution in [2.45, 2.75) is 11.4 Å². The van der Waals surface area contributed by atoms with E-state index < -0.39 is 16.0 Å². The molecule has 3 rings (SSSR count). The Bertz CT molecular complexity index is 1120. The third-order valence-corrected chi connectivity index (χ3v) is 4.67. The lowest BCUT2D eigenvalue weighted by atomic mass is 10.2. The highest BCUT2D eigenvalue weighted by molar-refractivity contribution is 7.89. The largest absolute Gasteiger partial charge is 0.478 e. The summed E-state index contributed by atoms with van der Waals surface area (Å²) in [5.74, 6) is -1.42. The van der Waals surface area contributed by atoms with Crippen LogP contribution >= 0.6 is 0 Å². The van der Waals surface area contributed by atoms with Gasteiger partial charge >= 0.3 is 5.97 Å². The molecule has 144 valence electrons. The summed E-state index contributed by atoms with van der Waals surface area (Å²) < 4.78 is 23.9. The van der Waals surface area contributed by atoms with Crippen LogP contribution in [0.3, 0.4) is 0 Å². The summed E-state index contributed by atoms with van der Waals surface area (Å²) in [4.78, 5) is 22.9. The van der Waals surface area contributed by atoms with Crippen molar-refractivity contribution in [1.82, 2.24) is 15.0 Å². The van der Waals surface area contributed by atoms with Crippen molar-refractivity contribution in [3.8, 4) is 11.3 Å². The van der Waals surface area contributed by atoms with E-state index in [1.165, 1.54) is 53.2 Å². The number of aromatic nitrogens is 3. The predicted molar refractivity (Wildman–Crippen MR) is 98.9 cm³/mol. The van der Waals surface area contributed by atoms with Crippen molar-refractivity contribution in [2.75, 3.05) is 5.32 Å². The molecule has 0 radical (unpaired) electrons. The molecule has 11 heteroatoms. The summed E-state index contributed by atoms with van der Waals surface area (Å²) in [7, 11) is -3.78. The molecule has 3 aromatic rings. The average molecular weight is 401 g/mol. The molecule has 0 atom stereocenters. The molecule has 0 fully saturated rings. The van der Waals surface area contributed by atoms with E-state index in [4.69, 9.17) is 10.2 Å². The van der Waals surface area contributed by atoms with Crippen LogP contribution in [0.4, 0.5) is 5.69 Å². The van der Waals surface area contributed by atoms with Gasteiger partial charge in [0.05, 0.1) is 16.7 Å². The number of aromatic carboxylic acids is 1. The fraction of sp³-hybridized carbons (Fsp3) is 0.0588. The van der Waals surface area contributed by atoms with Gasteiger partial charge in [0.25, 0.3) is 0 Å². The Hall–Kier alpha value is -3.57. The lowest BCUT2D eigenvalue weighted by Crippen LogP contribution is -2.19. The maximum Gasteiger partial charge on any atom is 0.335 e. The van der Waals surface area contributed by atoms with Crippen LogP contribution in [-0.2, 0) is 21.4 Å². The minimum atomic E-state index is -3.78. The number of hydrogen-bond donors (Lipinski definition) is 3. The van der Waals surface area contributed by atoms with E-state index in [0.29, 0.717) is 16.9 Å². The SMILES string of the molecule is NS(=O)(=O)c1ccc(-c2cn(CC(=O)Nc3ccc(C(=O)O)cc3)nn2)cc1. The third kappa shape index (κ3) is 4.58. The number of nitrogens with zero attached hydrogens (tertiary/aromatic N) is 3. The molecule has 1 heterocycles. The lowest BCUT2D eigenvalue weighted by Gasteiger charge is -2.05. The number of carbonyl (C=O) groups is 2. The highest BCUT2D eigenvalue weighted by Crippen LogP contribution is 2.18. The fourth-order valence-electron chi connectivity index (χ4n) is 2.37. The van der Waals surface area contributed by atoms with Crippen LogP contribution in [0.25, 0.3) is 11.3 Å². The number of carbonyl (C=O) groups excluding carboxylic acids is 1. The van der Waals surface area contributed by atoms with Crippen LogP contribution in [0.2, 0.25) is 0 Å². The summed E-state index contributed by atoms with van der Waals surface area (Å²) >= 11 is 0. The molecule has 0 aliphatic heterocycles. The van der Waals surface area contributed by atoms with E-state index in [1.54, 1.807) is 6.20 Å². The maximum absolute atomic E-state index is 12.1. The quantitative estimate of drug-likeness (QED) is 0.554. The van der Waals surface area contributed by atoms with Gasteiger partial charge in [-0.2, -0.15) is 0 Å². The minimum Gasteiger partial charge on any atom is -0.478 e. The summed E-state index contributed by atoms with van der Waals surface area (Å²) in [6, 6.07) is 11.5. The van der Waals surface area contributed by atoms with E-state index in [1.807, 2.05) is 0 Å². The number of carboxylic acid groups (broad SMARTS) is 1. The molecular weight excluding hydrogens is 386 g/mol. The molecule has 0 spiro atoms. The van der Waals surface area contributed by atoms with Crippen LogP contribution in [0.5, 0.6) is 0 Å². The van der Waals surface area contributed by atoms with E-state index in [0.717, 1.165) is 0 Å². The summed E-state index contributed by atoms with van der Waals surface area (Å²) in [5.41, 5.74) is 1.64. The molecule has 0 aliphatic carbocycles. The molecule has 0 bridgehead atoms. The standard InChI is InChI=1S/C17H15N5O5S/c18-28(26,27)14-7-3-11(4-8-14)15-9-22(21-20-15)10-16(23)19-13-5-1-12(2-6-13)17(24)25/h1-9H,10H2,(H,19,23)(H,24,25)(H2,18,26,27). The Balaban J connectivity index is 1.65. The summed E-state index contributed by atoms with van der Waals surface area (Å²) in [6.07, 6.45) is 1.54. The second-order valence-corrected chi connectivity index (χ2v) is 7.36. The normalized spacial score (nSPS) is 11.2. The van der Waals surface area contributed by atoms with Crippen LogP contribution < -0.4 is 10.5 Å². The van der Waals surface area contributed by atoms with Crippen LogP contribution in [0.1, 0.15) is 10.4 Å². The molecule has 1 amide bonds.